The van der Waals surface area contributed by atoms with Crippen LogP contribution in [0.5, 0.6) is 0 Å². The van der Waals surface area contributed by atoms with Crippen LogP contribution in [-0.4, -0.2) is 99.0 Å². The van der Waals surface area contributed by atoms with Crippen LogP contribution in [0.25, 0.3) is 0 Å². The molecule has 0 saturated carbocycles. The molecule has 0 aliphatic carbocycles. The van der Waals surface area contributed by atoms with Crippen molar-refractivity contribution in [3.63, 3.8) is 0 Å². The van der Waals surface area contributed by atoms with Crippen molar-refractivity contribution in [1.29, 1.82) is 0 Å². The average Bonchev–Trinajstić information content (AvgIpc) is 3.34. The molecule has 402 valence electrons. The van der Waals surface area contributed by atoms with Gasteiger partial charge < -0.3 is 29.8 Å². The van der Waals surface area contributed by atoms with E-state index in [1.165, 1.54) is 267 Å². The van der Waals surface area contributed by atoms with Crippen LogP contribution in [0.15, 0.2) is 91.0 Å². The fourth-order valence-corrected chi connectivity index (χ4v) is 8.98. The third-order valence-corrected chi connectivity index (χ3v) is 13.2. The molecule has 0 aromatic heterocycles. The number of benzene rings is 3. The summed E-state index contributed by atoms with van der Waals surface area (Å²) in [5.41, 5.74) is 4.49. The second-order valence-corrected chi connectivity index (χ2v) is 21.1. The highest BCUT2D eigenvalue weighted by molar-refractivity contribution is 6.30. The zero-order valence-electron chi connectivity index (χ0n) is 47.0. The van der Waals surface area contributed by atoms with Crippen molar-refractivity contribution in [2.24, 2.45) is 0 Å². The molecule has 0 aliphatic heterocycles. The summed E-state index contributed by atoms with van der Waals surface area (Å²) in [7, 11) is 10.8. The Morgan fingerprint density at radius 1 is 0.243 bits per heavy atom. The summed E-state index contributed by atoms with van der Waals surface area (Å²) in [5, 5.41) is 21.5. The number of hydrogen-bond donors (Lipinski definition) is 3. The van der Waals surface area contributed by atoms with Crippen LogP contribution < -0.4 is 0 Å². The largest absolute Gasteiger partial charge is 0.631 e. The Morgan fingerprint density at radius 3 is 0.543 bits per heavy atom. The van der Waals surface area contributed by atoms with Gasteiger partial charge in [0.15, 0.2) is 0 Å². The number of rotatable bonds is 42. The van der Waals surface area contributed by atoms with Crippen molar-refractivity contribution in [3.8, 4) is 0 Å². The third kappa shape index (κ3) is 56.4. The maximum Gasteiger partial charge on any atom is 0.631 e. The van der Waals surface area contributed by atoms with E-state index >= 15 is 0 Å². The predicted molar refractivity (Wildman–Crippen MR) is 311 cm³/mol. The maximum atomic E-state index is 7.17. The standard InChI is InChI=1S/3C21H37N.BH3O3/c3*1-22(2)20-16-11-9-7-5-3-4-6-8-10-13-17-21-18-14-12-15-19-21;2-1(3)4/h3*12,14-15,18-19H,3-11,13,16-17,20H2,1-2H3;2-4H. The molecule has 3 rings (SSSR count). The molecule has 0 amide bonds. The first kappa shape index (κ1) is 67.5. The molecule has 70 heavy (non-hydrogen) atoms. The fourth-order valence-electron chi connectivity index (χ4n) is 8.98. The Balaban J connectivity index is 0.000000980. The lowest BCUT2D eigenvalue weighted by molar-refractivity contribution is 0.278. The Bertz CT molecular complexity index is 1230. The highest BCUT2D eigenvalue weighted by Gasteiger charge is 1.99. The summed E-state index contributed by atoms with van der Waals surface area (Å²) in [6.45, 7) is 3.76. The van der Waals surface area contributed by atoms with Gasteiger partial charge in [-0.05, 0) is 136 Å². The molecular weight excluding hydrogens is 858 g/mol. The van der Waals surface area contributed by atoms with Crippen LogP contribution in [0.4, 0.5) is 0 Å². The molecule has 3 aromatic carbocycles. The van der Waals surface area contributed by atoms with E-state index in [1.807, 2.05) is 0 Å². The zero-order valence-corrected chi connectivity index (χ0v) is 47.0. The first-order valence-electron chi connectivity index (χ1n) is 29.2. The van der Waals surface area contributed by atoms with Crippen LogP contribution in [-0.2, 0) is 19.3 Å². The number of hydrogen-bond acceptors (Lipinski definition) is 6. The molecule has 0 radical (unpaired) electrons. The van der Waals surface area contributed by atoms with Crippen LogP contribution in [0.1, 0.15) is 229 Å². The molecule has 0 bridgehead atoms. The Kier molecular flexibility index (Phi) is 52.3. The van der Waals surface area contributed by atoms with E-state index < -0.39 is 7.32 Å². The molecule has 3 N–H and O–H groups in total. The van der Waals surface area contributed by atoms with Gasteiger partial charge in [0.05, 0.1) is 0 Å². The van der Waals surface area contributed by atoms with Crippen molar-refractivity contribution in [1.82, 2.24) is 14.7 Å². The lowest BCUT2D eigenvalue weighted by Crippen LogP contribution is -2.12. The molecule has 6 nitrogen and oxygen atoms in total. The topological polar surface area (TPSA) is 70.4 Å². The maximum absolute atomic E-state index is 7.17. The van der Waals surface area contributed by atoms with Gasteiger partial charge in [0, 0.05) is 0 Å². The third-order valence-electron chi connectivity index (χ3n) is 13.2. The van der Waals surface area contributed by atoms with Gasteiger partial charge in [-0.3, -0.25) is 0 Å². The van der Waals surface area contributed by atoms with Gasteiger partial charge in [0.1, 0.15) is 0 Å². The zero-order chi connectivity index (χ0) is 51.2. The fraction of sp³-hybridized carbons (Fsp3) is 0.714. The van der Waals surface area contributed by atoms with Crippen molar-refractivity contribution in [2.75, 3.05) is 61.9 Å². The van der Waals surface area contributed by atoms with E-state index in [2.05, 4.69) is 148 Å². The number of unbranched alkanes of at least 4 members (excludes halogenated alkanes) is 30. The summed E-state index contributed by atoms with van der Waals surface area (Å²) >= 11 is 0. The highest BCUT2D eigenvalue weighted by Crippen LogP contribution is 2.16. The molecule has 3 aromatic rings. The SMILES string of the molecule is CN(C)CCCCCCCCCCCCCc1ccccc1.CN(C)CCCCCCCCCCCCCc1ccccc1.CN(C)CCCCCCCCCCCCCc1ccccc1.OB(O)O. The van der Waals surface area contributed by atoms with Gasteiger partial charge in [-0.15, -0.1) is 0 Å². The first-order chi connectivity index (χ1) is 34.1. The van der Waals surface area contributed by atoms with E-state index in [0.717, 1.165) is 0 Å². The van der Waals surface area contributed by atoms with Gasteiger partial charge >= 0.3 is 7.32 Å². The minimum atomic E-state index is -2.17. The average molecular weight is 972 g/mol. The normalized spacial score (nSPS) is 11.0. The van der Waals surface area contributed by atoms with E-state index in [1.54, 1.807) is 0 Å². The predicted octanol–water partition coefficient (Wildman–Crippen LogP) is 16.2. The van der Waals surface area contributed by atoms with Gasteiger partial charge in [0.25, 0.3) is 0 Å². The smallest absolute Gasteiger partial charge is 0.402 e. The summed E-state index contributed by atoms with van der Waals surface area (Å²) < 4.78 is 0. The molecule has 0 spiro atoms. The van der Waals surface area contributed by atoms with E-state index in [4.69, 9.17) is 15.1 Å². The van der Waals surface area contributed by atoms with Gasteiger partial charge in [-0.2, -0.15) is 0 Å². The molecule has 0 heterocycles. The summed E-state index contributed by atoms with van der Waals surface area (Å²) in [6.07, 6.45) is 50.7. The molecule has 7 heteroatoms. The quantitative estimate of drug-likeness (QED) is 0.0388. The minimum absolute atomic E-state index is 1.25. The van der Waals surface area contributed by atoms with Gasteiger partial charge in [-0.1, -0.05) is 264 Å². The van der Waals surface area contributed by atoms with Crippen LogP contribution in [0, 0.1) is 0 Å². The van der Waals surface area contributed by atoms with Crippen LogP contribution >= 0.6 is 0 Å². The van der Waals surface area contributed by atoms with Gasteiger partial charge in [-0.25, -0.2) is 0 Å². The Morgan fingerprint density at radius 2 is 0.386 bits per heavy atom. The minimum Gasteiger partial charge on any atom is -0.402 e. The van der Waals surface area contributed by atoms with Gasteiger partial charge in [0.2, 0.25) is 0 Å². The summed E-state index contributed by atoms with van der Waals surface area (Å²) in [4.78, 5) is 6.87. The summed E-state index contributed by atoms with van der Waals surface area (Å²) in [6, 6.07) is 32.7. The van der Waals surface area contributed by atoms with Crippen molar-refractivity contribution in [3.05, 3.63) is 108 Å². The molecule has 0 unspecified atom stereocenters. The second kappa shape index (κ2) is 54.3. The van der Waals surface area contributed by atoms with Crippen molar-refractivity contribution in [2.45, 2.75) is 231 Å². The van der Waals surface area contributed by atoms with E-state index in [-0.39, 0.29) is 0 Å². The molecule has 0 saturated heterocycles. The Hall–Kier alpha value is -2.52. The molecular formula is C63H114BN3O3. The lowest BCUT2D eigenvalue weighted by Gasteiger charge is -2.08. The molecule has 0 atom stereocenters. The van der Waals surface area contributed by atoms with Crippen LogP contribution in [0.2, 0.25) is 0 Å². The molecule has 0 aliphatic rings. The summed E-state index contributed by atoms with van der Waals surface area (Å²) in [5.74, 6) is 0. The number of nitrogens with zero attached hydrogens (tertiary/aromatic N) is 3. The lowest BCUT2D eigenvalue weighted by atomic mass is 10.0. The highest BCUT2D eigenvalue weighted by atomic mass is 16.5. The van der Waals surface area contributed by atoms with Crippen LogP contribution in [0.3, 0.4) is 0 Å². The monoisotopic (exact) mass is 972 g/mol. The Labute approximate surface area is 436 Å². The second-order valence-electron chi connectivity index (χ2n) is 21.1. The first-order valence-corrected chi connectivity index (χ1v) is 29.2. The van der Waals surface area contributed by atoms with Crippen molar-refractivity contribution >= 4 is 7.32 Å². The van der Waals surface area contributed by atoms with Crippen molar-refractivity contribution < 1.29 is 15.1 Å². The van der Waals surface area contributed by atoms with E-state index in [0.29, 0.717) is 0 Å². The number of aryl methyl sites for hydroxylation is 3. The van der Waals surface area contributed by atoms with E-state index in [9.17, 15) is 0 Å². The molecule has 0 fully saturated rings.